The monoisotopic (exact) mass is 513 g/mol. The van der Waals surface area contributed by atoms with Gasteiger partial charge in [-0.1, -0.05) is 29.3 Å². The van der Waals surface area contributed by atoms with Crippen LogP contribution in [0.15, 0.2) is 48.8 Å². The fourth-order valence-electron chi connectivity index (χ4n) is 4.17. The van der Waals surface area contributed by atoms with Gasteiger partial charge in [-0.2, -0.15) is 0 Å². The maximum atomic E-state index is 13.5. The molecule has 2 atom stereocenters. The van der Waals surface area contributed by atoms with Crippen molar-refractivity contribution in [3.8, 4) is 0 Å². The molecule has 4 rings (SSSR count). The Morgan fingerprint density at radius 2 is 2.03 bits per heavy atom. The Hall–Kier alpha value is -3.20. The van der Waals surface area contributed by atoms with E-state index in [0.717, 1.165) is 10.9 Å². The van der Waals surface area contributed by atoms with Gasteiger partial charge in [-0.05, 0) is 54.5 Å². The van der Waals surface area contributed by atoms with Crippen LogP contribution >= 0.6 is 23.2 Å². The van der Waals surface area contributed by atoms with E-state index in [1.54, 1.807) is 29.2 Å². The van der Waals surface area contributed by atoms with E-state index in [4.69, 9.17) is 33.7 Å². The Bertz CT molecular complexity index is 1300. The number of benzene rings is 2. The van der Waals surface area contributed by atoms with Crippen molar-refractivity contribution < 1.29 is 14.3 Å². The van der Waals surface area contributed by atoms with Crippen LogP contribution in [0, 0.1) is 0 Å². The van der Waals surface area contributed by atoms with Gasteiger partial charge in [0.25, 0.3) is 0 Å². The van der Waals surface area contributed by atoms with Crippen molar-refractivity contribution in [1.29, 1.82) is 0 Å². The van der Waals surface area contributed by atoms with Crippen molar-refractivity contribution in [3.63, 3.8) is 0 Å². The molecule has 0 saturated carbocycles. The molecule has 2 heterocycles. The van der Waals surface area contributed by atoms with Crippen LogP contribution in [0.4, 0.5) is 5.82 Å². The van der Waals surface area contributed by atoms with E-state index in [1.807, 2.05) is 25.1 Å². The van der Waals surface area contributed by atoms with Gasteiger partial charge in [0, 0.05) is 47.7 Å². The molecule has 1 saturated heterocycles. The number of methoxy groups -OCH3 is 1. The van der Waals surface area contributed by atoms with Crippen molar-refractivity contribution in [2.75, 3.05) is 26.0 Å². The third-order valence-corrected chi connectivity index (χ3v) is 6.57. The minimum Gasteiger partial charge on any atom is -0.383 e. The summed E-state index contributed by atoms with van der Waals surface area (Å²) >= 11 is 12.2. The van der Waals surface area contributed by atoms with E-state index in [2.05, 4.69) is 9.97 Å². The number of amides is 2. The smallest absolute Gasteiger partial charge is 0.248 e. The minimum absolute atomic E-state index is 0.0844. The molecule has 1 aliphatic heterocycles. The van der Waals surface area contributed by atoms with Crippen molar-refractivity contribution in [3.05, 3.63) is 70.0 Å². The third-order valence-electron chi connectivity index (χ3n) is 5.99. The first-order chi connectivity index (χ1) is 16.8. The highest BCUT2D eigenvalue weighted by atomic mass is 35.5. The molecule has 10 heteroatoms. The first-order valence-corrected chi connectivity index (χ1v) is 11.8. The van der Waals surface area contributed by atoms with E-state index in [-0.39, 0.29) is 24.5 Å². The van der Waals surface area contributed by atoms with E-state index in [0.29, 0.717) is 40.0 Å². The lowest BCUT2D eigenvalue weighted by Crippen LogP contribution is -2.63. The largest absolute Gasteiger partial charge is 0.383 e. The van der Waals surface area contributed by atoms with Crippen molar-refractivity contribution in [2.45, 2.75) is 25.6 Å². The summed E-state index contributed by atoms with van der Waals surface area (Å²) in [6.45, 7) is 2.73. The lowest BCUT2D eigenvalue weighted by atomic mass is 10.0. The second-order valence-electron chi connectivity index (χ2n) is 8.39. The van der Waals surface area contributed by atoms with E-state index in [1.165, 1.54) is 24.4 Å². The molecule has 35 heavy (non-hydrogen) atoms. The second kappa shape index (κ2) is 10.6. The maximum Gasteiger partial charge on any atom is 0.248 e. The average Bonchev–Trinajstić information content (AvgIpc) is 2.84. The number of nitrogen functional groups attached to an aromatic ring is 1. The van der Waals surface area contributed by atoms with Crippen LogP contribution < -0.4 is 5.73 Å². The highest BCUT2D eigenvalue weighted by molar-refractivity contribution is 6.34. The lowest BCUT2D eigenvalue weighted by Gasteiger charge is -2.44. The summed E-state index contributed by atoms with van der Waals surface area (Å²) in [4.78, 5) is 38.2. The van der Waals surface area contributed by atoms with Gasteiger partial charge in [0.05, 0.1) is 12.1 Å². The first-order valence-electron chi connectivity index (χ1n) is 11.0. The number of nitrogens with two attached hydrogens (primary N) is 1. The van der Waals surface area contributed by atoms with Crippen LogP contribution in [0.25, 0.3) is 17.0 Å². The van der Waals surface area contributed by atoms with Gasteiger partial charge in [-0.3, -0.25) is 9.59 Å². The summed E-state index contributed by atoms with van der Waals surface area (Å²) in [6.07, 6.45) is 4.42. The molecule has 3 aromatic rings. The Labute approximate surface area is 213 Å². The first kappa shape index (κ1) is 24.9. The summed E-state index contributed by atoms with van der Waals surface area (Å²) in [6, 6.07) is 9.71. The maximum absolute atomic E-state index is 13.5. The molecular formula is C25H25Cl2N5O3. The van der Waals surface area contributed by atoms with Gasteiger partial charge in [0.2, 0.25) is 11.8 Å². The molecule has 0 bridgehead atoms. The number of ether oxygens (including phenoxy) is 1. The van der Waals surface area contributed by atoms with Gasteiger partial charge in [-0.15, -0.1) is 0 Å². The van der Waals surface area contributed by atoms with Gasteiger partial charge in [-0.25, -0.2) is 9.97 Å². The predicted molar refractivity (Wildman–Crippen MR) is 137 cm³/mol. The van der Waals surface area contributed by atoms with E-state index < -0.39 is 6.04 Å². The molecule has 1 aromatic heterocycles. The number of carbonyl (C=O) groups excluding carboxylic acids is 2. The molecular weight excluding hydrogens is 489 g/mol. The zero-order valence-corrected chi connectivity index (χ0v) is 20.8. The number of rotatable bonds is 6. The van der Waals surface area contributed by atoms with Gasteiger partial charge < -0.3 is 20.3 Å². The molecule has 2 N–H and O–H groups in total. The fourth-order valence-corrected chi connectivity index (χ4v) is 4.53. The lowest BCUT2D eigenvalue weighted by molar-refractivity contribution is -0.155. The van der Waals surface area contributed by atoms with Gasteiger partial charge >= 0.3 is 0 Å². The molecule has 2 amide bonds. The summed E-state index contributed by atoms with van der Waals surface area (Å²) in [7, 11) is 1.51. The molecule has 0 spiro atoms. The topological polar surface area (TPSA) is 102 Å². The zero-order valence-electron chi connectivity index (χ0n) is 19.3. The van der Waals surface area contributed by atoms with Gasteiger partial charge in [0.1, 0.15) is 18.2 Å². The second-order valence-corrected chi connectivity index (χ2v) is 9.23. The van der Waals surface area contributed by atoms with Crippen LogP contribution in [0.5, 0.6) is 0 Å². The van der Waals surface area contributed by atoms with Crippen molar-refractivity contribution in [1.82, 2.24) is 19.8 Å². The number of hydrogen-bond donors (Lipinski definition) is 1. The highest BCUT2D eigenvalue weighted by Crippen LogP contribution is 2.25. The number of halogens is 2. The Morgan fingerprint density at radius 3 is 2.80 bits per heavy atom. The molecule has 1 unspecified atom stereocenters. The number of nitrogens with zero attached hydrogens (tertiary/aromatic N) is 4. The van der Waals surface area contributed by atoms with Crippen LogP contribution in [0.3, 0.4) is 0 Å². The number of piperazine rings is 1. The molecule has 8 nitrogen and oxygen atoms in total. The third kappa shape index (κ3) is 5.40. The molecule has 0 radical (unpaired) electrons. The quantitative estimate of drug-likeness (QED) is 0.502. The number of fused-ring (bicyclic) bond motifs is 1. The van der Waals surface area contributed by atoms with Crippen LogP contribution in [-0.2, 0) is 20.9 Å². The minimum atomic E-state index is -0.749. The van der Waals surface area contributed by atoms with Crippen LogP contribution in [0.2, 0.25) is 10.0 Å². The SMILES string of the molecule is COC[C@H]1C(=O)N(Cc2ccc3c(N)ncnc3c2)C(C)CN1C(=O)C=Cc1cc(Cl)ccc1Cl. The molecule has 1 fully saturated rings. The highest BCUT2D eigenvalue weighted by Gasteiger charge is 2.40. The standard InChI is InChI=1S/C25H25Cl2N5O3/c1-15-11-32(23(33)8-4-17-10-18(26)5-7-20(17)27)22(13-35-2)25(34)31(15)12-16-3-6-19-21(9-16)29-14-30-24(19)28/h3-10,14-15,22H,11-13H2,1-2H3,(H2,28,29,30)/t15?,22-/m0/s1. The fraction of sp³-hybridized carbons (Fsp3) is 0.280. The Morgan fingerprint density at radius 1 is 1.23 bits per heavy atom. The zero-order chi connectivity index (χ0) is 25.1. The summed E-state index contributed by atoms with van der Waals surface area (Å²) in [5, 5.41) is 1.75. The summed E-state index contributed by atoms with van der Waals surface area (Å²) in [5.41, 5.74) is 8.16. The molecule has 182 valence electrons. The molecule has 0 aliphatic carbocycles. The summed E-state index contributed by atoms with van der Waals surface area (Å²) in [5.74, 6) is -0.0818. The van der Waals surface area contributed by atoms with Crippen molar-refractivity contribution in [2.24, 2.45) is 0 Å². The normalized spacial score (nSPS) is 18.6. The van der Waals surface area contributed by atoms with E-state index >= 15 is 0 Å². The number of hydrogen-bond acceptors (Lipinski definition) is 6. The summed E-state index contributed by atoms with van der Waals surface area (Å²) < 4.78 is 5.30. The van der Waals surface area contributed by atoms with Gasteiger partial charge in [0.15, 0.2) is 0 Å². The predicted octanol–water partition coefficient (Wildman–Crippen LogP) is 3.81. The molecule has 1 aliphatic rings. The Balaban J connectivity index is 1.54. The van der Waals surface area contributed by atoms with Crippen molar-refractivity contribution >= 4 is 57.8 Å². The number of carbonyl (C=O) groups is 2. The van der Waals surface area contributed by atoms with Crippen LogP contribution in [0.1, 0.15) is 18.1 Å². The molecule has 2 aromatic carbocycles. The number of anilines is 1. The average molecular weight is 514 g/mol. The van der Waals surface area contributed by atoms with Crippen LogP contribution in [-0.4, -0.2) is 63.9 Å². The number of aromatic nitrogens is 2. The Kier molecular flexibility index (Phi) is 7.54. The van der Waals surface area contributed by atoms with E-state index in [9.17, 15) is 9.59 Å².